The number of hydrogen-bond acceptors (Lipinski definition) is 6. The second-order valence-electron chi connectivity index (χ2n) is 4.71. The molecule has 1 aliphatic rings. The number of halogens is 1. The Hall–Kier alpha value is -1.70. The van der Waals surface area contributed by atoms with Gasteiger partial charge in [0.2, 0.25) is 5.13 Å². The van der Waals surface area contributed by atoms with Crippen molar-refractivity contribution in [3.05, 3.63) is 44.8 Å². The molecular formula is C15H13ClN4OS2. The SMILES string of the molecule is CCN1C(=O)/C(=C/c2cccc(Cl)c2)S/C1=N/c1nnc(C)s1. The molecule has 0 bridgehead atoms. The predicted octanol–water partition coefficient (Wildman–Crippen LogP) is 4.12. The summed E-state index contributed by atoms with van der Waals surface area (Å²) in [5, 5.41) is 10.6. The molecule has 2 aromatic rings. The number of likely N-dealkylation sites (N-methyl/N-ethyl adjacent to an activating group) is 1. The van der Waals surface area contributed by atoms with Crippen LogP contribution in [-0.2, 0) is 4.79 Å². The number of hydrogen-bond donors (Lipinski definition) is 0. The number of nitrogens with zero attached hydrogens (tertiary/aromatic N) is 4. The first-order valence-corrected chi connectivity index (χ1v) is 8.93. The lowest BCUT2D eigenvalue weighted by Gasteiger charge is -2.11. The van der Waals surface area contributed by atoms with Crippen molar-refractivity contribution in [1.29, 1.82) is 0 Å². The molecule has 1 aromatic heterocycles. The van der Waals surface area contributed by atoms with E-state index in [4.69, 9.17) is 11.6 Å². The highest BCUT2D eigenvalue weighted by Crippen LogP contribution is 2.34. The highest BCUT2D eigenvalue weighted by atomic mass is 35.5. The predicted molar refractivity (Wildman–Crippen MR) is 96.1 cm³/mol. The lowest BCUT2D eigenvalue weighted by Crippen LogP contribution is -2.28. The highest BCUT2D eigenvalue weighted by molar-refractivity contribution is 8.18. The largest absolute Gasteiger partial charge is 0.287 e. The van der Waals surface area contributed by atoms with Crippen molar-refractivity contribution in [2.45, 2.75) is 13.8 Å². The summed E-state index contributed by atoms with van der Waals surface area (Å²) >= 11 is 8.73. The molecule has 0 aliphatic carbocycles. The van der Waals surface area contributed by atoms with E-state index in [1.165, 1.54) is 23.1 Å². The van der Waals surface area contributed by atoms with Gasteiger partial charge in [-0.3, -0.25) is 9.69 Å². The van der Waals surface area contributed by atoms with E-state index < -0.39 is 0 Å². The molecule has 1 fully saturated rings. The van der Waals surface area contributed by atoms with Crippen molar-refractivity contribution in [3.63, 3.8) is 0 Å². The Labute approximate surface area is 147 Å². The molecule has 8 heteroatoms. The van der Waals surface area contributed by atoms with Crippen LogP contribution >= 0.6 is 34.7 Å². The van der Waals surface area contributed by atoms with Gasteiger partial charge in [0.25, 0.3) is 5.91 Å². The summed E-state index contributed by atoms with van der Waals surface area (Å²) in [6, 6.07) is 7.39. The zero-order valence-electron chi connectivity index (χ0n) is 12.5. The van der Waals surface area contributed by atoms with Crippen molar-refractivity contribution in [2.75, 3.05) is 6.54 Å². The van der Waals surface area contributed by atoms with Crippen LogP contribution < -0.4 is 0 Å². The van der Waals surface area contributed by atoms with Crippen LogP contribution in [0.25, 0.3) is 6.08 Å². The molecule has 1 saturated heterocycles. The standard InChI is InChI=1S/C15H13ClN4OS2/c1-3-20-13(21)12(8-10-5-4-6-11(16)7-10)23-15(20)17-14-19-18-9(2)22-14/h4-8H,3H2,1-2H3/b12-8-,17-15+. The molecule has 0 N–H and O–H groups in total. The Morgan fingerprint density at radius 1 is 1.39 bits per heavy atom. The Kier molecular flexibility index (Phi) is 4.79. The molecule has 0 atom stereocenters. The summed E-state index contributed by atoms with van der Waals surface area (Å²) in [6.45, 7) is 4.34. The fraction of sp³-hybridized carbons (Fsp3) is 0.200. The summed E-state index contributed by atoms with van der Waals surface area (Å²) in [4.78, 5) is 19.2. The number of rotatable bonds is 3. The maximum atomic E-state index is 12.5. The van der Waals surface area contributed by atoms with Crippen molar-refractivity contribution < 1.29 is 4.79 Å². The van der Waals surface area contributed by atoms with Gasteiger partial charge in [0.05, 0.1) is 4.91 Å². The van der Waals surface area contributed by atoms with Gasteiger partial charge >= 0.3 is 0 Å². The van der Waals surface area contributed by atoms with Gasteiger partial charge in [-0.05, 0) is 49.4 Å². The summed E-state index contributed by atoms with van der Waals surface area (Å²) < 4.78 is 0. The van der Waals surface area contributed by atoms with Crippen LogP contribution in [0.2, 0.25) is 5.02 Å². The summed E-state index contributed by atoms with van der Waals surface area (Å²) in [7, 11) is 0. The monoisotopic (exact) mass is 364 g/mol. The molecule has 3 rings (SSSR count). The van der Waals surface area contributed by atoms with E-state index in [1.807, 2.05) is 38.1 Å². The van der Waals surface area contributed by atoms with E-state index in [9.17, 15) is 4.79 Å². The summed E-state index contributed by atoms with van der Waals surface area (Å²) in [6.07, 6.45) is 1.83. The molecule has 1 aromatic carbocycles. The Morgan fingerprint density at radius 3 is 2.87 bits per heavy atom. The number of amidine groups is 1. The number of aryl methyl sites for hydroxylation is 1. The van der Waals surface area contributed by atoms with Gasteiger partial charge < -0.3 is 0 Å². The second-order valence-corrected chi connectivity index (χ2v) is 7.32. The molecule has 0 saturated carbocycles. The lowest BCUT2D eigenvalue weighted by atomic mass is 10.2. The number of aliphatic imine (C=N–C) groups is 1. The van der Waals surface area contributed by atoms with E-state index in [0.29, 0.717) is 26.8 Å². The van der Waals surface area contributed by atoms with Crippen molar-refractivity contribution in [3.8, 4) is 0 Å². The van der Waals surface area contributed by atoms with Crippen LogP contribution in [0.15, 0.2) is 34.2 Å². The van der Waals surface area contributed by atoms with Crippen LogP contribution in [-0.4, -0.2) is 32.7 Å². The molecule has 1 amide bonds. The fourth-order valence-corrected chi connectivity index (χ4v) is 3.89. The molecule has 5 nitrogen and oxygen atoms in total. The van der Waals surface area contributed by atoms with Crippen molar-refractivity contribution in [2.24, 2.45) is 4.99 Å². The topological polar surface area (TPSA) is 58.5 Å². The molecule has 23 heavy (non-hydrogen) atoms. The minimum absolute atomic E-state index is 0.0579. The normalized spacial score (nSPS) is 18.4. The van der Waals surface area contributed by atoms with Crippen LogP contribution in [0.3, 0.4) is 0 Å². The molecular weight excluding hydrogens is 352 g/mol. The van der Waals surface area contributed by atoms with E-state index >= 15 is 0 Å². The average Bonchev–Trinajstić information content (AvgIpc) is 3.04. The zero-order chi connectivity index (χ0) is 16.4. The van der Waals surface area contributed by atoms with Crippen molar-refractivity contribution in [1.82, 2.24) is 15.1 Å². The van der Waals surface area contributed by atoms with Gasteiger partial charge in [0.1, 0.15) is 5.01 Å². The smallest absolute Gasteiger partial charge is 0.266 e. The first kappa shape index (κ1) is 16.2. The molecule has 0 radical (unpaired) electrons. The minimum Gasteiger partial charge on any atom is -0.287 e. The highest BCUT2D eigenvalue weighted by Gasteiger charge is 2.32. The lowest BCUT2D eigenvalue weighted by molar-refractivity contribution is -0.122. The first-order chi connectivity index (χ1) is 11.1. The Morgan fingerprint density at radius 2 is 2.22 bits per heavy atom. The van der Waals surface area contributed by atoms with Crippen LogP contribution in [0, 0.1) is 6.92 Å². The molecule has 0 unspecified atom stereocenters. The Bertz CT molecular complexity index is 815. The van der Waals surface area contributed by atoms with Gasteiger partial charge in [-0.25, -0.2) is 0 Å². The molecule has 1 aliphatic heterocycles. The van der Waals surface area contributed by atoms with E-state index in [2.05, 4.69) is 15.2 Å². The summed E-state index contributed by atoms with van der Waals surface area (Å²) in [5.74, 6) is -0.0579. The molecule has 2 heterocycles. The maximum absolute atomic E-state index is 12.5. The number of thioether (sulfide) groups is 1. The van der Waals surface area contributed by atoms with Gasteiger partial charge in [-0.15, -0.1) is 10.2 Å². The Balaban J connectivity index is 1.93. The average molecular weight is 365 g/mol. The third-order valence-corrected chi connectivity index (χ3v) is 5.03. The van der Waals surface area contributed by atoms with Gasteiger partial charge in [-0.1, -0.05) is 35.1 Å². The number of aromatic nitrogens is 2. The van der Waals surface area contributed by atoms with Crippen LogP contribution in [0.4, 0.5) is 5.13 Å². The zero-order valence-corrected chi connectivity index (χ0v) is 14.9. The fourth-order valence-electron chi connectivity index (χ4n) is 2.03. The van der Waals surface area contributed by atoms with Gasteiger partial charge in [0, 0.05) is 11.6 Å². The first-order valence-electron chi connectivity index (χ1n) is 6.92. The third-order valence-electron chi connectivity index (χ3n) is 3.06. The van der Waals surface area contributed by atoms with E-state index in [0.717, 1.165) is 10.6 Å². The van der Waals surface area contributed by atoms with E-state index in [-0.39, 0.29) is 5.91 Å². The van der Waals surface area contributed by atoms with Crippen LogP contribution in [0.1, 0.15) is 17.5 Å². The minimum atomic E-state index is -0.0579. The number of carbonyl (C=O) groups is 1. The summed E-state index contributed by atoms with van der Waals surface area (Å²) in [5.41, 5.74) is 0.886. The quantitative estimate of drug-likeness (QED) is 0.768. The third kappa shape index (κ3) is 3.63. The maximum Gasteiger partial charge on any atom is 0.266 e. The van der Waals surface area contributed by atoms with Crippen LogP contribution in [0.5, 0.6) is 0 Å². The van der Waals surface area contributed by atoms with Gasteiger partial charge in [0.15, 0.2) is 5.17 Å². The van der Waals surface area contributed by atoms with Gasteiger partial charge in [-0.2, -0.15) is 4.99 Å². The number of carbonyl (C=O) groups excluding carboxylic acids is 1. The number of amides is 1. The molecule has 0 spiro atoms. The van der Waals surface area contributed by atoms with Crippen molar-refractivity contribution >= 4 is 57.0 Å². The molecule has 118 valence electrons. The van der Waals surface area contributed by atoms with E-state index in [1.54, 1.807) is 11.0 Å². The number of benzene rings is 1. The second kappa shape index (κ2) is 6.82.